The smallest absolute Gasteiger partial charge is 0.268 e. The second-order valence-corrected chi connectivity index (χ2v) is 19.0. The Morgan fingerprint density at radius 2 is 1.71 bits per heavy atom. The lowest BCUT2D eigenvalue weighted by atomic mass is 9.89. The number of pyridine rings is 1. The van der Waals surface area contributed by atoms with Gasteiger partial charge in [0.25, 0.3) is 17.7 Å². The third-order valence-electron chi connectivity index (χ3n) is 13.7. The summed E-state index contributed by atoms with van der Waals surface area (Å²) < 4.78 is 49.2. The minimum atomic E-state index is -3.11. The lowest BCUT2D eigenvalue weighted by molar-refractivity contribution is -0.137. The molecule has 5 aliphatic rings. The summed E-state index contributed by atoms with van der Waals surface area (Å²) in [5.41, 5.74) is 4.76. The van der Waals surface area contributed by atoms with Gasteiger partial charge in [-0.3, -0.25) is 44.5 Å². The predicted molar refractivity (Wildman–Crippen MR) is 247 cm³/mol. The quantitative estimate of drug-likeness (QED) is 0.141. The lowest BCUT2D eigenvalue weighted by Gasteiger charge is -2.39. The zero-order valence-corrected chi connectivity index (χ0v) is 38.0. The van der Waals surface area contributed by atoms with Gasteiger partial charge in [0.15, 0.2) is 11.2 Å². The van der Waals surface area contributed by atoms with E-state index in [-0.39, 0.29) is 54.6 Å². The summed E-state index contributed by atoms with van der Waals surface area (Å²) in [5, 5.41) is 10.3. The Bertz CT molecular complexity index is 2730. The molecule has 5 amide bonds. The predicted octanol–water partition coefficient (Wildman–Crippen LogP) is 5.59. The molecule has 16 nitrogen and oxygen atoms in total. The number of likely N-dealkylation sites (tertiary alicyclic amines) is 1. The van der Waals surface area contributed by atoms with E-state index in [1.54, 1.807) is 34.9 Å². The number of nitrogens with one attached hydrogen (secondary N) is 3. The second kappa shape index (κ2) is 18.8. The van der Waals surface area contributed by atoms with E-state index in [0.29, 0.717) is 74.1 Å². The standard InChI is InChI=1S/C48H50F3N11O5S/c49-36-23-30(22-33-34(36)25-62(46(33)67)43(45(66)57-47-52-14-21-68-47)42-39-4-1-15-61(39)28-54-42)29-5-8-32(9-6-29)59-16-2-18-60(19-3-17-59)41(64)26-58-20-13-35(48(50,51)27-58)37-10-7-31(24-53-37)55-38-11-12-40(63)56-44(38)65/h5-10,14,21-24,28,35,38,43,55H,1-4,11-13,15-20,25-27H2,(H,52,57,66)(H,56,63,65). The summed E-state index contributed by atoms with van der Waals surface area (Å²) in [4.78, 5) is 85.1. The van der Waals surface area contributed by atoms with Gasteiger partial charge in [-0.05, 0) is 92.6 Å². The molecule has 3 fully saturated rings. The van der Waals surface area contributed by atoms with E-state index in [0.717, 1.165) is 36.3 Å². The highest BCUT2D eigenvalue weighted by molar-refractivity contribution is 7.13. The number of piperidine rings is 2. The van der Waals surface area contributed by atoms with Gasteiger partial charge in [-0.2, -0.15) is 0 Å². The van der Waals surface area contributed by atoms with E-state index in [4.69, 9.17) is 0 Å². The molecule has 3 saturated heterocycles. The fourth-order valence-corrected chi connectivity index (χ4v) is 10.7. The summed E-state index contributed by atoms with van der Waals surface area (Å²) in [6.45, 7) is 2.64. The molecule has 8 heterocycles. The van der Waals surface area contributed by atoms with Crippen LogP contribution in [0.5, 0.6) is 0 Å². The summed E-state index contributed by atoms with van der Waals surface area (Å²) >= 11 is 1.26. The van der Waals surface area contributed by atoms with Gasteiger partial charge in [0, 0.05) is 78.9 Å². The number of aryl methyl sites for hydroxylation is 1. The minimum absolute atomic E-state index is 0.0843. The average molecular weight is 950 g/mol. The van der Waals surface area contributed by atoms with Gasteiger partial charge in [0.05, 0.1) is 49.5 Å². The topological polar surface area (TPSA) is 178 Å². The Hall–Kier alpha value is -6.67. The van der Waals surface area contributed by atoms with Crippen LogP contribution >= 0.6 is 11.3 Å². The van der Waals surface area contributed by atoms with E-state index in [1.807, 2.05) is 28.8 Å². The van der Waals surface area contributed by atoms with Crippen LogP contribution in [0.1, 0.15) is 83.5 Å². The molecule has 3 N–H and O–H groups in total. The molecule has 3 atom stereocenters. The number of anilines is 3. The number of imide groups is 1. The Kier molecular flexibility index (Phi) is 12.5. The molecule has 20 heteroatoms. The van der Waals surface area contributed by atoms with Crippen LogP contribution in [-0.4, -0.2) is 122 Å². The second-order valence-electron chi connectivity index (χ2n) is 18.1. The first-order valence-electron chi connectivity index (χ1n) is 23.1. The van der Waals surface area contributed by atoms with Gasteiger partial charge in [0.2, 0.25) is 17.7 Å². The molecule has 68 heavy (non-hydrogen) atoms. The monoisotopic (exact) mass is 949 g/mol. The van der Waals surface area contributed by atoms with Crippen LogP contribution in [-0.2, 0) is 38.7 Å². The first-order chi connectivity index (χ1) is 32.9. The van der Waals surface area contributed by atoms with Crippen molar-refractivity contribution < 1.29 is 37.1 Å². The molecule has 0 radical (unpaired) electrons. The molecule has 0 saturated carbocycles. The van der Waals surface area contributed by atoms with Crippen molar-refractivity contribution in [3.8, 4) is 11.1 Å². The molecule has 3 aromatic heterocycles. The Labute approximate surface area is 393 Å². The fraction of sp³-hybridized carbons (Fsp3) is 0.417. The van der Waals surface area contributed by atoms with Crippen molar-refractivity contribution in [1.29, 1.82) is 0 Å². The number of hydrogen-bond donors (Lipinski definition) is 3. The number of thiazole rings is 1. The molecule has 0 aliphatic carbocycles. The summed E-state index contributed by atoms with van der Waals surface area (Å²) in [7, 11) is 0. The van der Waals surface area contributed by atoms with Crippen molar-refractivity contribution in [2.45, 2.75) is 82.0 Å². The van der Waals surface area contributed by atoms with Crippen molar-refractivity contribution in [1.82, 2.24) is 39.5 Å². The number of fused-ring (bicyclic) bond motifs is 2. The van der Waals surface area contributed by atoms with E-state index in [2.05, 4.69) is 35.8 Å². The van der Waals surface area contributed by atoms with Crippen molar-refractivity contribution in [3.05, 3.63) is 107 Å². The summed E-state index contributed by atoms with van der Waals surface area (Å²) in [6, 6.07) is 12.3. The maximum Gasteiger partial charge on any atom is 0.268 e. The fourth-order valence-electron chi connectivity index (χ4n) is 10.2. The van der Waals surface area contributed by atoms with Crippen LogP contribution in [0.2, 0.25) is 0 Å². The van der Waals surface area contributed by atoms with Gasteiger partial charge in [-0.25, -0.2) is 23.1 Å². The molecule has 354 valence electrons. The molecule has 3 unspecified atom stereocenters. The lowest BCUT2D eigenvalue weighted by Crippen LogP contribution is -2.51. The van der Waals surface area contributed by atoms with Crippen molar-refractivity contribution in [2.24, 2.45) is 0 Å². The van der Waals surface area contributed by atoms with E-state index in [9.17, 15) is 24.0 Å². The van der Waals surface area contributed by atoms with Crippen LogP contribution in [0.4, 0.5) is 29.7 Å². The first-order valence-corrected chi connectivity index (χ1v) is 23.9. The number of benzene rings is 2. The van der Waals surface area contributed by atoms with Gasteiger partial charge in [-0.15, -0.1) is 11.3 Å². The Morgan fingerprint density at radius 1 is 0.897 bits per heavy atom. The summed E-state index contributed by atoms with van der Waals surface area (Å²) in [5.74, 6) is -6.61. The third-order valence-corrected chi connectivity index (χ3v) is 14.4. The summed E-state index contributed by atoms with van der Waals surface area (Å²) in [6.07, 6.45) is 8.34. The SMILES string of the molecule is O=C1CCC(Nc2ccc(C3CCN(CC(=O)N4CCCN(c5ccc(-c6cc(F)c7c(c6)C(=O)N(C(C(=O)Nc6nccs6)c6ncn8c6CCC8)C7)cc5)CCC4)CC3(F)F)nc2)C(=O)N1. The van der Waals surface area contributed by atoms with Crippen LogP contribution < -0.4 is 20.9 Å². The van der Waals surface area contributed by atoms with E-state index in [1.165, 1.54) is 39.5 Å². The number of halogens is 3. The molecule has 0 spiro atoms. The maximum absolute atomic E-state index is 16.0. The number of imidazole rings is 1. The molecule has 2 aromatic carbocycles. The number of rotatable bonds is 11. The molecular weight excluding hydrogens is 900 g/mol. The highest BCUT2D eigenvalue weighted by atomic mass is 32.1. The zero-order valence-electron chi connectivity index (χ0n) is 37.1. The number of aromatic nitrogens is 4. The Morgan fingerprint density at radius 3 is 2.43 bits per heavy atom. The zero-order chi connectivity index (χ0) is 47.1. The third kappa shape index (κ3) is 9.17. The van der Waals surface area contributed by atoms with Gasteiger partial charge in [0.1, 0.15) is 11.9 Å². The van der Waals surface area contributed by atoms with Crippen LogP contribution in [0.15, 0.2) is 72.6 Å². The van der Waals surface area contributed by atoms with Crippen LogP contribution in [0.25, 0.3) is 11.1 Å². The first kappa shape index (κ1) is 45.1. The molecule has 10 rings (SSSR count). The highest BCUT2D eigenvalue weighted by Gasteiger charge is 2.47. The largest absolute Gasteiger partial charge is 0.372 e. The van der Waals surface area contributed by atoms with Gasteiger partial charge < -0.3 is 24.6 Å². The van der Waals surface area contributed by atoms with Crippen molar-refractivity contribution in [2.75, 3.05) is 61.3 Å². The molecular formula is C48H50F3N11O5S. The number of hydrogen-bond acceptors (Lipinski definition) is 12. The van der Waals surface area contributed by atoms with Gasteiger partial charge >= 0.3 is 0 Å². The molecule has 5 aromatic rings. The normalized spacial score (nSPS) is 21.2. The van der Waals surface area contributed by atoms with E-state index >= 15 is 13.2 Å². The number of alkyl halides is 2. The van der Waals surface area contributed by atoms with Crippen molar-refractivity contribution >= 4 is 57.4 Å². The Balaban J connectivity index is 0.729. The van der Waals surface area contributed by atoms with Crippen LogP contribution in [0, 0.1) is 5.82 Å². The average Bonchev–Trinajstić information content (AvgIpc) is 4.13. The van der Waals surface area contributed by atoms with Gasteiger partial charge in [-0.1, -0.05) is 12.1 Å². The number of amides is 5. The molecule has 5 aliphatic heterocycles. The minimum Gasteiger partial charge on any atom is -0.372 e. The molecule has 0 bridgehead atoms. The van der Waals surface area contributed by atoms with Crippen molar-refractivity contribution in [3.63, 3.8) is 0 Å². The highest BCUT2D eigenvalue weighted by Crippen LogP contribution is 2.41. The maximum atomic E-state index is 16.0. The number of nitrogens with zero attached hydrogens (tertiary/aromatic N) is 8. The number of carbonyl (C=O) groups excluding carboxylic acids is 5. The van der Waals surface area contributed by atoms with E-state index < -0.39 is 54.0 Å². The number of carbonyl (C=O) groups is 5. The van der Waals surface area contributed by atoms with Crippen LogP contribution in [0.3, 0.4) is 0 Å².